The van der Waals surface area contributed by atoms with E-state index >= 15 is 4.39 Å². The van der Waals surface area contributed by atoms with Crippen molar-refractivity contribution in [1.82, 2.24) is 15.0 Å². The highest BCUT2D eigenvalue weighted by atomic mass is 35.5. The Balaban J connectivity index is 1.77. The normalized spacial score (nSPS) is 15.6. The van der Waals surface area contributed by atoms with E-state index in [0.717, 1.165) is 10.9 Å². The molecule has 2 aromatic heterocycles. The highest BCUT2D eigenvalue weighted by Crippen LogP contribution is 2.42. The van der Waals surface area contributed by atoms with Crippen molar-refractivity contribution < 1.29 is 13.2 Å². The van der Waals surface area contributed by atoms with Gasteiger partial charge in [0.05, 0.1) is 5.02 Å². The monoisotopic (exact) mass is 453 g/mol. The van der Waals surface area contributed by atoms with Crippen LogP contribution in [0.3, 0.4) is 0 Å². The van der Waals surface area contributed by atoms with Gasteiger partial charge in [-0.05, 0) is 42.7 Å². The van der Waals surface area contributed by atoms with Crippen molar-refractivity contribution in [2.24, 2.45) is 0 Å². The maximum atomic E-state index is 15.2. The zero-order valence-electron chi connectivity index (χ0n) is 16.8. The number of aromatic amines is 1. The lowest BCUT2D eigenvalue weighted by atomic mass is 9.91. The van der Waals surface area contributed by atoms with Crippen molar-refractivity contribution in [3.05, 3.63) is 92.8 Å². The third kappa shape index (κ3) is 3.09. The predicted molar refractivity (Wildman–Crippen MR) is 116 cm³/mol. The summed E-state index contributed by atoms with van der Waals surface area (Å²) in [6.45, 7) is 9.10. The summed E-state index contributed by atoms with van der Waals surface area (Å²) < 4.78 is 43.8. The molecule has 0 saturated heterocycles. The number of rotatable bonds is 2. The van der Waals surface area contributed by atoms with Crippen molar-refractivity contribution in [3.63, 3.8) is 0 Å². The van der Waals surface area contributed by atoms with Gasteiger partial charge in [-0.3, -0.25) is 0 Å². The van der Waals surface area contributed by atoms with E-state index in [1.165, 1.54) is 43.5 Å². The van der Waals surface area contributed by atoms with Crippen LogP contribution in [0.25, 0.3) is 15.7 Å². The molecular formula is C23H15ClF3N5. The summed E-state index contributed by atoms with van der Waals surface area (Å²) in [4.78, 5) is 16.8. The second-order valence-corrected chi connectivity index (χ2v) is 8.01. The van der Waals surface area contributed by atoms with Crippen molar-refractivity contribution in [1.29, 1.82) is 0 Å². The summed E-state index contributed by atoms with van der Waals surface area (Å²) in [5.74, 6) is -2.13. The van der Waals surface area contributed by atoms with Gasteiger partial charge in [0.15, 0.2) is 11.6 Å². The molecule has 1 unspecified atom stereocenters. The van der Waals surface area contributed by atoms with Crippen LogP contribution in [0.4, 0.5) is 24.9 Å². The Morgan fingerprint density at radius 3 is 2.78 bits per heavy atom. The van der Waals surface area contributed by atoms with E-state index in [2.05, 4.69) is 19.8 Å². The number of H-pyrrole nitrogens is 1. The molecule has 0 fully saturated rings. The number of fused-ring (bicyclic) bond motifs is 3. The average molecular weight is 454 g/mol. The van der Waals surface area contributed by atoms with Gasteiger partial charge in [0, 0.05) is 34.9 Å². The molecule has 0 radical (unpaired) electrons. The molecule has 9 heteroatoms. The zero-order chi connectivity index (χ0) is 22.6. The standard InChI is InChI=1S/C23H15ClF3N5/c1-11-3-4-13(20(27)19(11)26)22-21-12(14-9-15(24)16(25)10-17(14)30-21)6-8-32(22)23-29-7-5-18(28-2)31-23/h3-5,7,9-10,22,30H,6,8H2,1H3. The van der Waals surface area contributed by atoms with Crippen molar-refractivity contribution in [2.45, 2.75) is 19.4 Å². The Bertz CT molecular complexity index is 1430. The van der Waals surface area contributed by atoms with Gasteiger partial charge >= 0.3 is 5.95 Å². The first-order chi connectivity index (χ1) is 15.4. The Morgan fingerprint density at radius 2 is 2.00 bits per heavy atom. The van der Waals surface area contributed by atoms with Crippen LogP contribution < -0.4 is 4.90 Å². The minimum atomic E-state index is -0.975. The third-order valence-electron chi connectivity index (χ3n) is 5.77. The zero-order valence-corrected chi connectivity index (χ0v) is 17.5. The molecule has 160 valence electrons. The first-order valence-electron chi connectivity index (χ1n) is 9.80. The molecule has 32 heavy (non-hydrogen) atoms. The lowest BCUT2D eigenvalue weighted by Gasteiger charge is -2.35. The number of halogens is 4. The summed E-state index contributed by atoms with van der Waals surface area (Å²) in [6.07, 6.45) is 1.96. The van der Waals surface area contributed by atoms with Gasteiger partial charge in [-0.2, -0.15) is 0 Å². The molecule has 0 amide bonds. The average Bonchev–Trinajstić information content (AvgIpc) is 3.15. The van der Waals surface area contributed by atoms with Crippen LogP contribution in [0.15, 0.2) is 36.5 Å². The molecule has 3 heterocycles. The number of nitrogens with zero attached hydrogens (tertiary/aromatic N) is 4. The molecule has 1 aliphatic rings. The van der Waals surface area contributed by atoms with Crippen molar-refractivity contribution >= 4 is 34.3 Å². The number of benzene rings is 2. The Kier molecular flexibility index (Phi) is 4.79. The molecule has 1 atom stereocenters. The van der Waals surface area contributed by atoms with E-state index in [-0.39, 0.29) is 27.9 Å². The highest BCUT2D eigenvalue weighted by molar-refractivity contribution is 6.31. The minimum absolute atomic E-state index is 0.0149. The maximum Gasteiger partial charge on any atom is 0.322 e. The third-order valence-corrected chi connectivity index (χ3v) is 6.06. The van der Waals surface area contributed by atoms with Crippen LogP contribution in [0.1, 0.15) is 28.4 Å². The number of nitrogens with one attached hydrogen (secondary N) is 1. The van der Waals surface area contributed by atoms with Gasteiger partial charge < -0.3 is 14.7 Å². The number of aromatic nitrogens is 3. The number of aryl methyl sites for hydroxylation is 1. The van der Waals surface area contributed by atoms with E-state index in [9.17, 15) is 8.78 Å². The van der Waals surface area contributed by atoms with Gasteiger partial charge in [-0.1, -0.05) is 35.3 Å². The molecule has 0 spiro atoms. The van der Waals surface area contributed by atoms with Gasteiger partial charge in [0.1, 0.15) is 11.9 Å². The molecule has 1 aliphatic heterocycles. The van der Waals surface area contributed by atoms with E-state index in [1.54, 1.807) is 4.90 Å². The summed E-state index contributed by atoms with van der Waals surface area (Å²) in [5, 5.41) is 0.707. The molecule has 1 N–H and O–H groups in total. The second kappa shape index (κ2) is 7.53. The highest BCUT2D eigenvalue weighted by Gasteiger charge is 2.37. The van der Waals surface area contributed by atoms with E-state index in [4.69, 9.17) is 18.2 Å². The molecule has 5 nitrogen and oxygen atoms in total. The molecule has 5 rings (SSSR count). The van der Waals surface area contributed by atoms with Crippen molar-refractivity contribution in [3.8, 4) is 0 Å². The van der Waals surface area contributed by atoms with Crippen LogP contribution in [0, 0.1) is 30.9 Å². The first-order valence-corrected chi connectivity index (χ1v) is 10.2. The van der Waals surface area contributed by atoms with E-state index in [0.29, 0.717) is 24.2 Å². The largest absolute Gasteiger partial charge is 0.360 e. The fraction of sp³-hybridized carbons (Fsp3) is 0.174. The predicted octanol–water partition coefficient (Wildman–Crippen LogP) is 6.04. The molecule has 0 aliphatic carbocycles. The quantitative estimate of drug-likeness (QED) is 0.376. The van der Waals surface area contributed by atoms with E-state index < -0.39 is 23.5 Å². The minimum Gasteiger partial charge on any atom is -0.360 e. The SMILES string of the molecule is [C-]#[N+]c1ccnc(N2CCc3c([nH]c4cc(F)c(Cl)cc34)C2c2ccc(C)c(F)c2F)n1. The number of hydrogen-bond donors (Lipinski definition) is 1. The Hall–Kier alpha value is -3.57. The van der Waals surface area contributed by atoms with Crippen LogP contribution >= 0.6 is 11.6 Å². The lowest BCUT2D eigenvalue weighted by molar-refractivity contribution is 0.481. The van der Waals surface area contributed by atoms with Crippen LogP contribution in [-0.2, 0) is 6.42 Å². The van der Waals surface area contributed by atoms with Crippen molar-refractivity contribution in [2.75, 3.05) is 11.4 Å². The number of anilines is 1. The molecular weight excluding hydrogens is 439 g/mol. The summed E-state index contributed by atoms with van der Waals surface area (Å²) in [7, 11) is 0. The Morgan fingerprint density at radius 1 is 1.19 bits per heavy atom. The van der Waals surface area contributed by atoms with Gasteiger partial charge in [0.2, 0.25) is 0 Å². The lowest BCUT2D eigenvalue weighted by Crippen LogP contribution is -2.38. The van der Waals surface area contributed by atoms with Crippen LogP contribution in [0.5, 0.6) is 0 Å². The maximum absolute atomic E-state index is 15.2. The Labute approximate surface area is 186 Å². The summed E-state index contributed by atoms with van der Waals surface area (Å²) in [5.41, 5.74) is 2.19. The van der Waals surface area contributed by atoms with E-state index in [1.807, 2.05) is 0 Å². The first kappa shape index (κ1) is 20.3. The van der Waals surface area contributed by atoms with Gasteiger partial charge in [-0.15, -0.1) is 0 Å². The molecule has 4 aromatic rings. The molecule has 0 bridgehead atoms. The van der Waals surface area contributed by atoms with Gasteiger partial charge in [0.25, 0.3) is 5.82 Å². The second-order valence-electron chi connectivity index (χ2n) is 7.60. The smallest absolute Gasteiger partial charge is 0.322 e. The van der Waals surface area contributed by atoms with Crippen LogP contribution in [-0.4, -0.2) is 21.5 Å². The topological polar surface area (TPSA) is 49.2 Å². The summed E-state index contributed by atoms with van der Waals surface area (Å²) in [6, 6.07) is 6.52. The number of hydrogen-bond acceptors (Lipinski definition) is 3. The summed E-state index contributed by atoms with van der Waals surface area (Å²) >= 11 is 6.00. The van der Waals surface area contributed by atoms with Crippen LogP contribution in [0.2, 0.25) is 5.02 Å². The van der Waals surface area contributed by atoms with Gasteiger partial charge in [-0.25, -0.2) is 18.2 Å². The molecule has 0 saturated carbocycles. The molecule has 2 aromatic carbocycles. The fourth-order valence-electron chi connectivity index (χ4n) is 4.24. The fourth-order valence-corrected chi connectivity index (χ4v) is 4.40.